The molecule has 0 bridgehead atoms. The van der Waals surface area contributed by atoms with Crippen molar-refractivity contribution in [1.82, 2.24) is 0 Å². The van der Waals surface area contributed by atoms with Gasteiger partial charge in [0, 0.05) is 11.3 Å². The maximum Gasteiger partial charge on any atom is 0.300 e. The number of aryl methyl sites for hydroxylation is 3. The minimum absolute atomic E-state index is 0.0220. The highest BCUT2D eigenvalue weighted by Crippen LogP contribution is 2.42. The quantitative estimate of drug-likeness (QED) is 0.397. The van der Waals surface area contributed by atoms with Crippen LogP contribution in [-0.4, -0.2) is 16.8 Å². The van der Waals surface area contributed by atoms with Gasteiger partial charge in [-0.15, -0.1) is 0 Å². The first-order valence-corrected chi connectivity index (χ1v) is 9.38. The second-order valence-electron chi connectivity index (χ2n) is 7.32. The molecule has 1 aliphatic heterocycles. The third-order valence-electron chi connectivity index (χ3n) is 5.11. The van der Waals surface area contributed by atoms with Crippen LogP contribution in [-0.2, 0) is 9.59 Å². The molecule has 1 atom stereocenters. The minimum Gasteiger partial charge on any atom is -0.507 e. The maximum atomic E-state index is 13.0. The molecule has 146 valence electrons. The molecule has 1 aliphatic rings. The first-order valence-electron chi connectivity index (χ1n) is 9.38. The molecule has 4 rings (SSSR count). The predicted octanol–water partition coefficient (Wildman–Crippen LogP) is 4.83. The average Bonchev–Trinajstić information content (AvgIpc) is 3.24. The summed E-state index contributed by atoms with van der Waals surface area (Å²) in [5.41, 5.74) is 3.13. The summed E-state index contributed by atoms with van der Waals surface area (Å²) in [6.07, 6.45) is 0. The number of Topliss-reactive ketones (excluding diaryl/α,β-unsaturated/α-hetero) is 1. The van der Waals surface area contributed by atoms with E-state index < -0.39 is 17.7 Å². The number of furan rings is 1. The number of aliphatic hydroxyl groups is 1. The topological polar surface area (TPSA) is 70.8 Å². The number of aliphatic hydroxyl groups excluding tert-OH is 1. The molecule has 2 heterocycles. The third kappa shape index (κ3) is 3.25. The van der Waals surface area contributed by atoms with E-state index in [0.29, 0.717) is 22.8 Å². The monoisotopic (exact) mass is 387 g/mol. The zero-order chi connectivity index (χ0) is 20.7. The lowest BCUT2D eigenvalue weighted by Gasteiger charge is -2.23. The van der Waals surface area contributed by atoms with Crippen LogP contribution in [0.25, 0.3) is 5.76 Å². The highest BCUT2D eigenvalue weighted by molar-refractivity contribution is 6.51. The van der Waals surface area contributed by atoms with Gasteiger partial charge in [0.1, 0.15) is 23.3 Å². The summed E-state index contributed by atoms with van der Waals surface area (Å²) < 4.78 is 5.78. The molecule has 0 saturated carbocycles. The lowest BCUT2D eigenvalue weighted by molar-refractivity contribution is -0.132. The number of carbonyl (C=O) groups is 2. The van der Waals surface area contributed by atoms with Gasteiger partial charge in [0.25, 0.3) is 11.7 Å². The van der Waals surface area contributed by atoms with Crippen LogP contribution in [0.15, 0.2) is 70.7 Å². The summed E-state index contributed by atoms with van der Waals surface area (Å²) in [6, 6.07) is 17.1. The molecule has 2 aromatic carbocycles. The number of benzene rings is 2. The molecule has 29 heavy (non-hydrogen) atoms. The predicted molar refractivity (Wildman–Crippen MR) is 111 cm³/mol. The van der Waals surface area contributed by atoms with Crippen molar-refractivity contribution in [3.63, 3.8) is 0 Å². The van der Waals surface area contributed by atoms with E-state index in [1.54, 1.807) is 43.3 Å². The Morgan fingerprint density at radius 2 is 1.45 bits per heavy atom. The fraction of sp³-hybridized carbons (Fsp3) is 0.167. The summed E-state index contributed by atoms with van der Waals surface area (Å²) >= 11 is 0. The van der Waals surface area contributed by atoms with Crippen LogP contribution >= 0.6 is 0 Å². The van der Waals surface area contributed by atoms with Gasteiger partial charge in [-0.2, -0.15) is 0 Å². The van der Waals surface area contributed by atoms with Crippen LogP contribution in [0.2, 0.25) is 0 Å². The summed E-state index contributed by atoms with van der Waals surface area (Å²) in [4.78, 5) is 27.3. The van der Waals surface area contributed by atoms with E-state index in [0.717, 1.165) is 11.1 Å². The van der Waals surface area contributed by atoms with Crippen LogP contribution < -0.4 is 4.90 Å². The molecule has 1 N–H and O–H groups in total. The van der Waals surface area contributed by atoms with E-state index in [1.165, 1.54) is 4.90 Å². The van der Waals surface area contributed by atoms with Crippen molar-refractivity contribution >= 4 is 23.1 Å². The smallest absolute Gasteiger partial charge is 0.300 e. The fourth-order valence-corrected chi connectivity index (χ4v) is 3.54. The van der Waals surface area contributed by atoms with E-state index in [2.05, 4.69) is 0 Å². The van der Waals surface area contributed by atoms with Gasteiger partial charge in [-0.05, 0) is 45.0 Å². The first kappa shape index (κ1) is 18.7. The Morgan fingerprint density at radius 1 is 0.862 bits per heavy atom. The van der Waals surface area contributed by atoms with Crippen LogP contribution in [0.4, 0.5) is 5.69 Å². The summed E-state index contributed by atoms with van der Waals surface area (Å²) in [5.74, 6) is -0.554. The molecular formula is C24H21NO4. The summed E-state index contributed by atoms with van der Waals surface area (Å²) in [6.45, 7) is 5.68. The number of nitrogens with zero attached hydrogens (tertiary/aromatic N) is 1. The Morgan fingerprint density at radius 3 is 2.00 bits per heavy atom. The highest BCUT2D eigenvalue weighted by Gasteiger charge is 2.48. The molecule has 0 aliphatic carbocycles. The van der Waals surface area contributed by atoms with E-state index in [-0.39, 0.29) is 11.3 Å². The average molecular weight is 387 g/mol. The van der Waals surface area contributed by atoms with Gasteiger partial charge in [0.15, 0.2) is 0 Å². The molecule has 3 aromatic rings. The fourth-order valence-electron chi connectivity index (χ4n) is 3.54. The van der Waals surface area contributed by atoms with Gasteiger partial charge in [-0.1, -0.05) is 47.5 Å². The largest absolute Gasteiger partial charge is 0.507 e. The lowest BCUT2D eigenvalue weighted by atomic mass is 9.98. The van der Waals surface area contributed by atoms with Gasteiger partial charge in [0.2, 0.25) is 0 Å². The molecule has 5 nitrogen and oxygen atoms in total. The van der Waals surface area contributed by atoms with E-state index in [1.807, 2.05) is 38.1 Å². The zero-order valence-electron chi connectivity index (χ0n) is 16.5. The van der Waals surface area contributed by atoms with E-state index >= 15 is 0 Å². The van der Waals surface area contributed by atoms with Crippen molar-refractivity contribution in [3.05, 3.63) is 94.4 Å². The number of hydrogen-bond acceptors (Lipinski definition) is 4. The molecule has 0 radical (unpaired) electrons. The Bertz CT molecular complexity index is 1120. The maximum absolute atomic E-state index is 13.0. The highest BCUT2D eigenvalue weighted by atomic mass is 16.3. The molecule has 1 saturated heterocycles. The lowest BCUT2D eigenvalue weighted by Crippen LogP contribution is -2.29. The minimum atomic E-state index is -0.840. The number of amides is 1. The van der Waals surface area contributed by atoms with Crippen molar-refractivity contribution in [2.75, 3.05) is 4.90 Å². The first-order chi connectivity index (χ1) is 13.9. The number of anilines is 1. The van der Waals surface area contributed by atoms with Gasteiger partial charge >= 0.3 is 0 Å². The van der Waals surface area contributed by atoms with Crippen LogP contribution in [0.3, 0.4) is 0 Å². The number of ketones is 1. The molecule has 1 unspecified atom stereocenters. The molecular weight excluding hydrogens is 366 g/mol. The molecule has 1 aromatic heterocycles. The Hall–Kier alpha value is -3.60. The molecule has 1 fully saturated rings. The van der Waals surface area contributed by atoms with Gasteiger partial charge in [-0.25, -0.2) is 0 Å². The SMILES string of the molecule is Cc1ccc(/C(O)=C2/C(=O)C(=O)N(c3ccc(C)cc3)C2c2ccc(C)o2)cc1. The Kier molecular flexibility index (Phi) is 4.59. The van der Waals surface area contributed by atoms with Crippen LogP contribution in [0.5, 0.6) is 0 Å². The van der Waals surface area contributed by atoms with Crippen molar-refractivity contribution < 1.29 is 19.1 Å². The molecule has 1 amide bonds. The number of rotatable bonds is 3. The zero-order valence-corrected chi connectivity index (χ0v) is 16.5. The van der Waals surface area contributed by atoms with Crippen molar-refractivity contribution in [2.45, 2.75) is 26.8 Å². The Balaban J connectivity index is 1.92. The third-order valence-corrected chi connectivity index (χ3v) is 5.11. The van der Waals surface area contributed by atoms with E-state index in [4.69, 9.17) is 4.42 Å². The number of hydrogen-bond donors (Lipinski definition) is 1. The van der Waals surface area contributed by atoms with Gasteiger partial charge in [0.05, 0.1) is 5.57 Å². The normalized spacial score (nSPS) is 18.4. The van der Waals surface area contributed by atoms with Crippen LogP contribution in [0, 0.1) is 20.8 Å². The van der Waals surface area contributed by atoms with Crippen molar-refractivity contribution in [3.8, 4) is 0 Å². The van der Waals surface area contributed by atoms with Crippen molar-refractivity contribution in [2.24, 2.45) is 0 Å². The number of carbonyl (C=O) groups excluding carboxylic acids is 2. The van der Waals surface area contributed by atoms with Crippen LogP contribution in [0.1, 0.15) is 34.3 Å². The van der Waals surface area contributed by atoms with Gasteiger partial charge in [-0.3, -0.25) is 14.5 Å². The van der Waals surface area contributed by atoms with Crippen molar-refractivity contribution in [1.29, 1.82) is 0 Å². The summed E-state index contributed by atoms with van der Waals surface area (Å²) in [5, 5.41) is 11.0. The second-order valence-corrected chi connectivity index (χ2v) is 7.32. The molecule has 0 spiro atoms. The standard InChI is InChI=1S/C24H21NO4/c1-14-4-9-17(10-5-14)22(26)20-21(19-13-8-16(3)29-19)25(24(28)23(20)27)18-11-6-15(2)7-12-18/h4-13,21,26H,1-3H3/b22-20-. The summed E-state index contributed by atoms with van der Waals surface area (Å²) in [7, 11) is 0. The Labute approximate surface area is 168 Å². The van der Waals surface area contributed by atoms with Gasteiger partial charge < -0.3 is 9.52 Å². The molecule has 5 heteroatoms. The van der Waals surface area contributed by atoms with E-state index in [9.17, 15) is 14.7 Å². The second kappa shape index (κ2) is 7.09.